The Labute approximate surface area is 108 Å². The Morgan fingerprint density at radius 1 is 1.44 bits per heavy atom. The molecule has 1 heterocycles. The minimum absolute atomic E-state index is 0.0710. The van der Waals surface area contributed by atoms with Gasteiger partial charge in [0.2, 0.25) is 0 Å². The first-order valence-corrected chi connectivity index (χ1v) is 6.30. The van der Waals surface area contributed by atoms with Crippen LogP contribution in [0.2, 0.25) is 0 Å². The molecule has 0 amide bonds. The van der Waals surface area contributed by atoms with E-state index in [9.17, 15) is 4.79 Å². The van der Waals surface area contributed by atoms with Crippen LogP contribution < -0.4 is 4.90 Å². The summed E-state index contributed by atoms with van der Waals surface area (Å²) in [6.45, 7) is 4.07. The molecule has 1 aromatic rings. The second-order valence-electron chi connectivity index (χ2n) is 5.06. The average molecular weight is 248 g/mol. The average Bonchev–Trinajstić information content (AvgIpc) is 2.74. The van der Waals surface area contributed by atoms with Crippen molar-refractivity contribution in [3.05, 3.63) is 29.8 Å². The lowest BCUT2D eigenvalue weighted by molar-refractivity contribution is -0.135. The second-order valence-corrected chi connectivity index (χ2v) is 5.06. The molecule has 1 N–H and O–H groups in total. The molecule has 0 spiro atoms. The SMILES string of the molecule is Cc1ccc(N(CC(=O)O)C2CCN(C)C2)cc1. The van der Waals surface area contributed by atoms with Gasteiger partial charge in [-0.1, -0.05) is 17.7 Å². The Hall–Kier alpha value is -1.55. The molecule has 0 bridgehead atoms. The number of nitrogens with zero attached hydrogens (tertiary/aromatic N) is 2. The third-order valence-electron chi connectivity index (χ3n) is 3.48. The highest BCUT2D eigenvalue weighted by atomic mass is 16.4. The third-order valence-corrected chi connectivity index (χ3v) is 3.48. The van der Waals surface area contributed by atoms with Gasteiger partial charge in [0, 0.05) is 18.3 Å². The number of likely N-dealkylation sites (N-methyl/N-ethyl adjacent to an activating group) is 1. The fourth-order valence-corrected chi connectivity index (χ4v) is 2.48. The molecule has 4 heteroatoms. The predicted molar refractivity (Wildman–Crippen MR) is 72.1 cm³/mol. The van der Waals surface area contributed by atoms with Gasteiger partial charge in [-0.05, 0) is 39.1 Å². The smallest absolute Gasteiger partial charge is 0.323 e. The van der Waals surface area contributed by atoms with Crippen LogP contribution in [-0.4, -0.2) is 48.7 Å². The summed E-state index contributed by atoms with van der Waals surface area (Å²) in [5.41, 5.74) is 2.20. The normalized spacial score (nSPS) is 20.0. The number of hydrogen-bond donors (Lipinski definition) is 1. The maximum atomic E-state index is 11.0. The molecule has 0 aliphatic carbocycles. The Kier molecular flexibility index (Phi) is 3.87. The molecular formula is C14H20N2O2. The number of likely N-dealkylation sites (tertiary alicyclic amines) is 1. The van der Waals surface area contributed by atoms with Gasteiger partial charge in [-0.25, -0.2) is 0 Å². The standard InChI is InChI=1S/C14H20N2O2/c1-11-3-5-12(6-4-11)16(10-14(17)18)13-7-8-15(2)9-13/h3-6,13H,7-10H2,1-2H3,(H,17,18). The number of hydrogen-bond acceptors (Lipinski definition) is 3. The molecular weight excluding hydrogens is 228 g/mol. The summed E-state index contributed by atoms with van der Waals surface area (Å²) in [4.78, 5) is 15.3. The van der Waals surface area contributed by atoms with Crippen molar-refractivity contribution in [2.24, 2.45) is 0 Å². The number of carbonyl (C=O) groups is 1. The van der Waals surface area contributed by atoms with Crippen molar-refractivity contribution in [3.63, 3.8) is 0 Å². The molecule has 0 aromatic heterocycles. The second kappa shape index (κ2) is 5.40. The van der Waals surface area contributed by atoms with Crippen LogP contribution in [0.5, 0.6) is 0 Å². The summed E-state index contributed by atoms with van der Waals surface area (Å²) in [7, 11) is 2.08. The first kappa shape index (κ1) is 12.9. The molecule has 0 saturated carbocycles. The van der Waals surface area contributed by atoms with E-state index in [4.69, 9.17) is 5.11 Å². The van der Waals surface area contributed by atoms with E-state index in [1.807, 2.05) is 36.1 Å². The Bertz CT molecular complexity index is 416. The zero-order chi connectivity index (χ0) is 13.1. The Balaban J connectivity index is 2.19. The van der Waals surface area contributed by atoms with Gasteiger partial charge in [-0.2, -0.15) is 0 Å². The van der Waals surface area contributed by atoms with Crippen LogP contribution in [0.3, 0.4) is 0 Å². The Morgan fingerprint density at radius 2 is 2.11 bits per heavy atom. The van der Waals surface area contributed by atoms with Crippen LogP contribution in [0, 0.1) is 6.92 Å². The molecule has 0 radical (unpaired) electrons. The van der Waals surface area contributed by atoms with Crippen molar-refractivity contribution < 1.29 is 9.90 Å². The van der Waals surface area contributed by atoms with E-state index in [0.717, 1.165) is 25.2 Å². The van der Waals surface area contributed by atoms with Crippen molar-refractivity contribution in [1.29, 1.82) is 0 Å². The number of rotatable bonds is 4. The van der Waals surface area contributed by atoms with Gasteiger partial charge in [0.1, 0.15) is 6.54 Å². The molecule has 1 atom stereocenters. The lowest BCUT2D eigenvalue weighted by Gasteiger charge is -2.29. The van der Waals surface area contributed by atoms with Crippen LogP contribution in [0.15, 0.2) is 24.3 Å². The van der Waals surface area contributed by atoms with E-state index in [1.54, 1.807) is 0 Å². The summed E-state index contributed by atoms with van der Waals surface area (Å²) in [5.74, 6) is -0.773. The van der Waals surface area contributed by atoms with Crippen LogP contribution in [0.25, 0.3) is 0 Å². The van der Waals surface area contributed by atoms with Gasteiger partial charge in [-0.15, -0.1) is 0 Å². The minimum Gasteiger partial charge on any atom is -0.480 e. The fourth-order valence-electron chi connectivity index (χ4n) is 2.48. The highest BCUT2D eigenvalue weighted by molar-refractivity contribution is 5.74. The number of carboxylic acids is 1. The highest BCUT2D eigenvalue weighted by Crippen LogP contribution is 2.22. The highest BCUT2D eigenvalue weighted by Gasteiger charge is 2.27. The molecule has 18 heavy (non-hydrogen) atoms. The summed E-state index contributed by atoms with van der Waals surface area (Å²) in [5, 5.41) is 9.07. The quantitative estimate of drug-likeness (QED) is 0.879. The number of aryl methyl sites for hydroxylation is 1. The third kappa shape index (κ3) is 3.01. The topological polar surface area (TPSA) is 43.8 Å². The summed E-state index contributed by atoms with van der Waals surface area (Å²) < 4.78 is 0. The van der Waals surface area contributed by atoms with Gasteiger partial charge < -0.3 is 14.9 Å². The van der Waals surface area contributed by atoms with E-state index in [2.05, 4.69) is 11.9 Å². The van der Waals surface area contributed by atoms with Gasteiger partial charge in [0.15, 0.2) is 0 Å². The lowest BCUT2D eigenvalue weighted by atomic mass is 10.1. The summed E-state index contributed by atoms with van der Waals surface area (Å²) in [6, 6.07) is 8.38. The number of anilines is 1. The maximum Gasteiger partial charge on any atom is 0.323 e. The molecule has 1 fully saturated rings. The molecule has 4 nitrogen and oxygen atoms in total. The van der Waals surface area contributed by atoms with Gasteiger partial charge in [0.25, 0.3) is 0 Å². The van der Waals surface area contributed by atoms with Gasteiger partial charge in [-0.3, -0.25) is 4.79 Å². The summed E-state index contributed by atoms with van der Waals surface area (Å²) >= 11 is 0. The van der Waals surface area contributed by atoms with Crippen molar-refractivity contribution in [1.82, 2.24) is 4.90 Å². The van der Waals surface area contributed by atoms with Crippen LogP contribution >= 0.6 is 0 Å². The molecule has 2 rings (SSSR count). The number of benzene rings is 1. The van der Waals surface area contributed by atoms with Crippen molar-refractivity contribution >= 4 is 11.7 Å². The van der Waals surface area contributed by atoms with E-state index < -0.39 is 5.97 Å². The molecule has 1 saturated heterocycles. The largest absolute Gasteiger partial charge is 0.480 e. The predicted octanol–water partition coefficient (Wildman–Crippen LogP) is 1.59. The molecule has 1 aliphatic rings. The van der Waals surface area contributed by atoms with E-state index in [1.165, 1.54) is 5.56 Å². The molecule has 98 valence electrons. The zero-order valence-electron chi connectivity index (χ0n) is 11.0. The van der Waals surface area contributed by atoms with Crippen LogP contribution in [0.1, 0.15) is 12.0 Å². The maximum absolute atomic E-state index is 11.0. The number of aliphatic carboxylic acids is 1. The van der Waals surface area contributed by atoms with E-state index >= 15 is 0 Å². The summed E-state index contributed by atoms with van der Waals surface area (Å²) in [6.07, 6.45) is 1.03. The first-order chi connectivity index (χ1) is 8.56. The van der Waals surface area contributed by atoms with Crippen LogP contribution in [-0.2, 0) is 4.79 Å². The van der Waals surface area contributed by atoms with E-state index in [0.29, 0.717) is 6.04 Å². The Morgan fingerprint density at radius 3 is 2.61 bits per heavy atom. The zero-order valence-corrected chi connectivity index (χ0v) is 11.0. The van der Waals surface area contributed by atoms with Gasteiger partial charge in [0.05, 0.1) is 0 Å². The lowest BCUT2D eigenvalue weighted by Crippen LogP contribution is -2.40. The van der Waals surface area contributed by atoms with Crippen molar-refractivity contribution in [3.8, 4) is 0 Å². The molecule has 1 unspecified atom stereocenters. The molecule has 1 aromatic carbocycles. The van der Waals surface area contributed by atoms with Crippen molar-refractivity contribution in [2.45, 2.75) is 19.4 Å². The van der Waals surface area contributed by atoms with Crippen molar-refractivity contribution in [2.75, 3.05) is 31.6 Å². The van der Waals surface area contributed by atoms with Crippen LogP contribution in [0.4, 0.5) is 5.69 Å². The van der Waals surface area contributed by atoms with Gasteiger partial charge >= 0.3 is 5.97 Å². The first-order valence-electron chi connectivity index (χ1n) is 6.30. The van der Waals surface area contributed by atoms with E-state index in [-0.39, 0.29) is 6.54 Å². The monoisotopic (exact) mass is 248 g/mol. The fraction of sp³-hybridized carbons (Fsp3) is 0.500. The minimum atomic E-state index is -0.773. The molecule has 1 aliphatic heterocycles. The number of carboxylic acid groups (broad SMARTS) is 1.